The van der Waals surface area contributed by atoms with Crippen molar-refractivity contribution in [2.75, 3.05) is 19.6 Å². The largest absolute Gasteiger partial charge is 0.392 e. The van der Waals surface area contributed by atoms with Crippen molar-refractivity contribution in [1.82, 2.24) is 10.2 Å². The van der Waals surface area contributed by atoms with Gasteiger partial charge in [-0.15, -0.1) is 0 Å². The predicted molar refractivity (Wildman–Crippen MR) is 113 cm³/mol. The van der Waals surface area contributed by atoms with Gasteiger partial charge in [-0.2, -0.15) is 0 Å². The molecule has 2 N–H and O–H groups in total. The van der Waals surface area contributed by atoms with Crippen LogP contribution in [0.1, 0.15) is 29.6 Å². The van der Waals surface area contributed by atoms with Gasteiger partial charge in [0.1, 0.15) is 0 Å². The van der Waals surface area contributed by atoms with Crippen LogP contribution in [0, 0.1) is 5.41 Å². The smallest absolute Gasteiger partial charge is 0.255 e. The second kappa shape index (κ2) is 6.85. The van der Waals surface area contributed by atoms with Crippen molar-refractivity contribution in [3.63, 3.8) is 0 Å². The van der Waals surface area contributed by atoms with E-state index in [-0.39, 0.29) is 18.4 Å². The molecule has 3 aromatic carbocycles. The number of hydrogen-bond acceptors (Lipinski definition) is 3. The summed E-state index contributed by atoms with van der Waals surface area (Å²) in [5.41, 5.74) is -0.214. The van der Waals surface area contributed by atoms with Gasteiger partial charge in [0, 0.05) is 19.6 Å². The van der Waals surface area contributed by atoms with Crippen molar-refractivity contribution in [2.45, 2.75) is 25.4 Å². The third-order valence-corrected chi connectivity index (χ3v) is 6.59. The molecule has 2 aliphatic heterocycles. The van der Waals surface area contributed by atoms with Gasteiger partial charge in [-0.05, 0) is 46.9 Å². The highest BCUT2D eigenvalue weighted by Gasteiger charge is 2.50. The van der Waals surface area contributed by atoms with Crippen LogP contribution in [0.4, 0.5) is 0 Å². The van der Waals surface area contributed by atoms with Crippen molar-refractivity contribution < 1.29 is 14.7 Å². The minimum atomic E-state index is -0.896. The topological polar surface area (TPSA) is 69.6 Å². The van der Waals surface area contributed by atoms with Crippen molar-refractivity contribution in [1.29, 1.82) is 0 Å². The lowest BCUT2D eigenvalue weighted by Gasteiger charge is -2.47. The lowest BCUT2D eigenvalue weighted by molar-refractivity contribution is -0.147. The van der Waals surface area contributed by atoms with Crippen LogP contribution in [0.2, 0.25) is 0 Å². The van der Waals surface area contributed by atoms with Crippen LogP contribution in [0.5, 0.6) is 0 Å². The lowest BCUT2D eigenvalue weighted by Crippen LogP contribution is -2.62. The standard InChI is InChI=1S/C24H24N2O3/c27-20-10-13-26(15-24(20)11-5-12-25-23(24)29)22(28)21-18-8-3-1-6-16(18)14-17-7-2-4-9-19(17)21/h1-4,6-9,14,20,27H,5,10-13,15H2,(H,25,29)/t20-,24-/m1/s1. The Hall–Kier alpha value is -2.92. The zero-order valence-corrected chi connectivity index (χ0v) is 16.2. The molecule has 29 heavy (non-hydrogen) atoms. The van der Waals surface area contributed by atoms with Crippen LogP contribution < -0.4 is 5.32 Å². The quantitative estimate of drug-likeness (QED) is 0.630. The Morgan fingerprint density at radius 3 is 2.38 bits per heavy atom. The fourth-order valence-electron chi connectivity index (χ4n) is 5.02. The highest BCUT2D eigenvalue weighted by atomic mass is 16.3. The maximum atomic E-state index is 13.8. The second-order valence-corrected chi connectivity index (χ2v) is 8.24. The first-order valence-electron chi connectivity index (χ1n) is 10.3. The second-order valence-electron chi connectivity index (χ2n) is 8.24. The molecule has 3 aromatic rings. The number of carbonyl (C=O) groups is 2. The summed E-state index contributed by atoms with van der Waals surface area (Å²) in [5.74, 6) is -0.195. The molecular formula is C24H24N2O3. The molecule has 5 nitrogen and oxygen atoms in total. The van der Waals surface area contributed by atoms with E-state index < -0.39 is 11.5 Å². The lowest BCUT2D eigenvalue weighted by atomic mass is 9.71. The summed E-state index contributed by atoms with van der Waals surface area (Å²) in [4.78, 5) is 28.3. The van der Waals surface area contributed by atoms with Crippen LogP contribution in [0.15, 0.2) is 54.6 Å². The van der Waals surface area contributed by atoms with Crippen LogP contribution in [-0.4, -0.2) is 47.6 Å². The van der Waals surface area contributed by atoms with E-state index in [1.54, 1.807) is 4.90 Å². The minimum Gasteiger partial charge on any atom is -0.392 e. The number of benzene rings is 3. The highest BCUT2D eigenvalue weighted by Crippen LogP contribution is 2.39. The van der Waals surface area contributed by atoms with Gasteiger partial charge >= 0.3 is 0 Å². The number of hydrogen-bond donors (Lipinski definition) is 2. The first kappa shape index (κ1) is 18.1. The number of aliphatic hydroxyl groups is 1. The summed E-state index contributed by atoms with van der Waals surface area (Å²) < 4.78 is 0. The molecule has 1 spiro atoms. The van der Waals surface area contributed by atoms with Crippen molar-refractivity contribution in [3.05, 3.63) is 60.2 Å². The Kier molecular flexibility index (Phi) is 4.28. The van der Waals surface area contributed by atoms with Gasteiger partial charge < -0.3 is 15.3 Å². The van der Waals surface area contributed by atoms with Gasteiger partial charge in [-0.3, -0.25) is 9.59 Å². The number of amides is 2. The van der Waals surface area contributed by atoms with Crippen LogP contribution in [-0.2, 0) is 4.79 Å². The number of likely N-dealkylation sites (tertiary alicyclic amines) is 1. The number of rotatable bonds is 1. The molecule has 5 rings (SSSR count). The molecule has 0 radical (unpaired) electrons. The third kappa shape index (κ3) is 2.80. The normalized spacial score (nSPS) is 24.8. The number of nitrogens with zero attached hydrogens (tertiary/aromatic N) is 1. The first-order chi connectivity index (χ1) is 14.1. The van der Waals surface area contributed by atoms with Crippen LogP contribution >= 0.6 is 0 Å². The maximum absolute atomic E-state index is 13.8. The summed E-state index contributed by atoms with van der Waals surface area (Å²) in [6, 6.07) is 18.0. The summed E-state index contributed by atoms with van der Waals surface area (Å²) >= 11 is 0. The molecule has 0 aromatic heterocycles. The van der Waals surface area contributed by atoms with E-state index >= 15 is 0 Å². The van der Waals surface area contributed by atoms with Gasteiger partial charge in [-0.1, -0.05) is 48.5 Å². The summed E-state index contributed by atoms with van der Waals surface area (Å²) in [5, 5.41) is 17.5. The molecule has 0 bridgehead atoms. The van der Waals surface area contributed by atoms with E-state index in [1.165, 1.54) is 0 Å². The number of piperidine rings is 2. The van der Waals surface area contributed by atoms with Crippen molar-refractivity contribution in [3.8, 4) is 0 Å². The molecule has 2 aliphatic rings. The Bertz CT molecular complexity index is 1070. The average Bonchev–Trinajstić information content (AvgIpc) is 2.75. The zero-order valence-electron chi connectivity index (χ0n) is 16.2. The van der Waals surface area contributed by atoms with E-state index in [0.717, 1.165) is 28.0 Å². The zero-order chi connectivity index (χ0) is 20.0. The molecule has 2 fully saturated rings. The van der Waals surface area contributed by atoms with Gasteiger partial charge in [0.15, 0.2) is 0 Å². The van der Waals surface area contributed by atoms with E-state index in [1.807, 2.05) is 48.5 Å². The third-order valence-electron chi connectivity index (χ3n) is 6.59. The van der Waals surface area contributed by atoms with Gasteiger partial charge in [0.2, 0.25) is 5.91 Å². The first-order valence-corrected chi connectivity index (χ1v) is 10.3. The minimum absolute atomic E-state index is 0.0670. The SMILES string of the molecule is O=C(c1c2ccccc2cc2ccccc12)N1CC[C@@H](O)[C@@]2(CCCNC2=O)C1. The number of carbonyl (C=O) groups excluding carboxylic acids is 2. The molecule has 2 amide bonds. The average molecular weight is 388 g/mol. The van der Waals surface area contributed by atoms with E-state index in [9.17, 15) is 14.7 Å². The molecule has 0 saturated carbocycles. The Morgan fingerprint density at radius 1 is 1.07 bits per heavy atom. The van der Waals surface area contributed by atoms with Gasteiger partial charge in [0.05, 0.1) is 17.1 Å². The molecular weight excluding hydrogens is 364 g/mol. The molecule has 2 atom stereocenters. The molecule has 2 heterocycles. The number of fused-ring (bicyclic) bond motifs is 2. The molecule has 0 unspecified atom stereocenters. The van der Waals surface area contributed by atoms with Gasteiger partial charge in [0.25, 0.3) is 5.91 Å². The van der Waals surface area contributed by atoms with E-state index in [0.29, 0.717) is 31.5 Å². The fraction of sp³-hybridized carbons (Fsp3) is 0.333. The Labute approximate surface area is 169 Å². The van der Waals surface area contributed by atoms with Gasteiger partial charge in [-0.25, -0.2) is 0 Å². The molecule has 0 aliphatic carbocycles. The van der Waals surface area contributed by atoms with Crippen LogP contribution in [0.3, 0.4) is 0 Å². The van der Waals surface area contributed by atoms with Crippen molar-refractivity contribution >= 4 is 33.4 Å². The summed E-state index contributed by atoms with van der Waals surface area (Å²) in [7, 11) is 0. The molecule has 148 valence electrons. The Morgan fingerprint density at radius 2 is 1.72 bits per heavy atom. The van der Waals surface area contributed by atoms with E-state index in [2.05, 4.69) is 11.4 Å². The Balaban J connectivity index is 1.62. The number of aliphatic hydroxyl groups excluding tert-OH is 1. The van der Waals surface area contributed by atoms with Crippen molar-refractivity contribution in [2.24, 2.45) is 5.41 Å². The van der Waals surface area contributed by atoms with E-state index in [4.69, 9.17) is 0 Å². The summed E-state index contributed by atoms with van der Waals surface area (Å²) in [6.07, 6.45) is 1.14. The van der Waals surface area contributed by atoms with Crippen LogP contribution in [0.25, 0.3) is 21.5 Å². The molecule has 2 saturated heterocycles. The molecule has 5 heteroatoms. The highest BCUT2D eigenvalue weighted by molar-refractivity contribution is 6.18. The predicted octanol–water partition coefficient (Wildman–Crippen LogP) is 3.10. The summed E-state index contributed by atoms with van der Waals surface area (Å²) in [6.45, 7) is 1.35. The monoisotopic (exact) mass is 388 g/mol. The number of nitrogens with one attached hydrogen (secondary N) is 1. The fourth-order valence-corrected chi connectivity index (χ4v) is 5.02. The maximum Gasteiger partial charge on any atom is 0.255 e.